The lowest BCUT2D eigenvalue weighted by Gasteiger charge is -2.32. The smallest absolute Gasteiger partial charge is 0.0538 e. The number of thioether (sulfide) groups is 1. The molecule has 2 saturated carbocycles. The van der Waals surface area contributed by atoms with Crippen molar-refractivity contribution in [3.8, 4) is 0 Å². The van der Waals surface area contributed by atoms with E-state index in [4.69, 9.17) is 4.74 Å². The molecule has 4 aliphatic carbocycles. The van der Waals surface area contributed by atoms with Gasteiger partial charge in [0.1, 0.15) is 0 Å². The van der Waals surface area contributed by atoms with E-state index >= 15 is 0 Å². The molecule has 12 atom stereocenters. The summed E-state index contributed by atoms with van der Waals surface area (Å²) < 4.78 is 5.55. The van der Waals surface area contributed by atoms with Gasteiger partial charge in [-0.05, 0) is 317 Å². The number of thiophene rings is 6. The maximum Gasteiger partial charge on any atom is 0.0538 e. The summed E-state index contributed by atoms with van der Waals surface area (Å²) in [5.74, 6) is 11.9. The molecule has 2 aliphatic heterocycles. The van der Waals surface area contributed by atoms with Gasteiger partial charge in [-0.3, -0.25) is 0 Å². The fourth-order valence-electron chi connectivity index (χ4n) is 18.0. The van der Waals surface area contributed by atoms with Crippen LogP contribution >= 0.6 is 79.8 Å². The van der Waals surface area contributed by atoms with Crippen molar-refractivity contribution in [3.05, 3.63) is 196 Å². The fraction of sp³-hybridized carbons (Fsp3) is 0.581. The summed E-state index contributed by atoms with van der Waals surface area (Å²) in [5.41, 5.74) is 25.4. The second kappa shape index (κ2) is 33.0. The first-order chi connectivity index (χ1) is 44.6. The highest BCUT2D eigenvalue weighted by Crippen LogP contribution is 2.51. The van der Waals surface area contributed by atoms with Gasteiger partial charge >= 0.3 is 0 Å². The van der Waals surface area contributed by atoms with Crippen LogP contribution in [0.4, 0.5) is 0 Å². The number of fused-ring (bicyclic) bond motifs is 2. The first-order valence-corrected chi connectivity index (χ1v) is 42.4. The van der Waals surface area contributed by atoms with Crippen molar-refractivity contribution in [1.82, 2.24) is 0 Å². The van der Waals surface area contributed by atoms with Crippen molar-refractivity contribution >= 4 is 79.8 Å². The summed E-state index contributed by atoms with van der Waals surface area (Å²) in [4.78, 5) is 18.3. The molecule has 6 unspecified atom stereocenters. The third-order valence-corrected chi connectivity index (χ3v) is 32.3. The molecule has 4 fully saturated rings. The van der Waals surface area contributed by atoms with E-state index in [1.165, 1.54) is 131 Å². The van der Waals surface area contributed by atoms with Crippen molar-refractivity contribution in [2.45, 2.75) is 278 Å². The first kappa shape index (κ1) is 75.2. The Morgan fingerprint density at radius 1 is 0.298 bits per heavy atom. The van der Waals surface area contributed by atoms with Gasteiger partial charge in [-0.2, -0.15) is 11.8 Å². The normalized spacial score (nSPS) is 25.2. The van der Waals surface area contributed by atoms with Gasteiger partial charge < -0.3 is 4.74 Å². The van der Waals surface area contributed by atoms with E-state index in [-0.39, 0.29) is 0 Å². The molecule has 6 aliphatic rings. The molecule has 8 aromatic rings. The number of rotatable bonds is 6. The van der Waals surface area contributed by atoms with E-state index in [9.17, 15) is 0 Å². The van der Waals surface area contributed by atoms with Gasteiger partial charge in [-0.15, -0.1) is 68.0 Å². The van der Waals surface area contributed by atoms with Gasteiger partial charge in [0, 0.05) is 76.8 Å². The number of hydrogen-bond acceptors (Lipinski definition) is 8. The summed E-state index contributed by atoms with van der Waals surface area (Å²) in [6, 6.07) is 18.0. The van der Waals surface area contributed by atoms with Crippen molar-refractivity contribution in [1.29, 1.82) is 0 Å². The molecule has 0 spiro atoms. The quantitative estimate of drug-likeness (QED) is 0.164. The van der Waals surface area contributed by atoms with E-state index in [1.54, 1.807) is 92.5 Å². The summed E-state index contributed by atoms with van der Waals surface area (Å²) in [6.07, 6.45) is 13.8. The highest BCUT2D eigenvalue weighted by Gasteiger charge is 2.36. The lowest BCUT2D eigenvalue weighted by molar-refractivity contribution is 0.186. The molecule has 2 aromatic carbocycles. The van der Waals surface area contributed by atoms with E-state index < -0.39 is 0 Å². The number of ether oxygens (including phenoxy) is 1. The highest BCUT2D eigenvalue weighted by molar-refractivity contribution is 7.99. The van der Waals surface area contributed by atoms with Gasteiger partial charge in [0.05, 0.1) is 6.61 Å². The van der Waals surface area contributed by atoms with Crippen molar-refractivity contribution in [2.75, 3.05) is 24.7 Å². The Hall–Kier alpha value is -3.05. The minimum Gasteiger partial charge on any atom is -0.381 e. The van der Waals surface area contributed by atoms with Crippen LogP contribution in [0.15, 0.2) is 48.5 Å². The summed E-state index contributed by atoms with van der Waals surface area (Å²) in [6.45, 7) is 57.2. The predicted octanol–water partition coefficient (Wildman–Crippen LogP) is 27.7. The molecule has 8 heterocycles. The summed E-state index contributed by atoms with van der Waals surface area (Å²) >= 11 is 13.9. The fourth-order valence-corrected chi connectivity index (χ4v) is 26.3. The van der Waals surface area contributed by atoms with E-state index in [0.29, 0.717) is 35.5 Å². The Morgan fingerprint density at radius 2 is 0.649 bits per heavy atom. The Balaban J connectivity index is 0.000000133. The average molecular weight is 1390 g/mol. The number of benzene rings is 2. The zero-order valence-electron chi connectivity index (χ0n) is 62.7. The third-order valence-electron chi connectivity index (χ3n) is 24.1. The molecular weight excluding hydrogens is 1270 g/mol. The molecule has 94 heavy (non-hydrogen) atoms. The van der Waals surface area contributed by atoms with Crippen LogP contribution in [0.2, 0.25) is 0 Å². The van der Waals surface area contributed by atoms with Crippen molar-refractivity contribution < 1.29 is 4.74 Å². The highest BCUT2D eigenvalue weighted by atomic mass is 32.2. The summed E-state index contributed by atoms with van der Waals surface area (Å²) in [5, 5.41) is 0. The van der Waals surface area contributed by atoms with Gasteiger partial charge in [-0.25, -0.2) is 0 Å². The zero-order valence-corrected chi connectivity index (χ0v) is 68.4. The molecular formula is C86H120OS7. The Labute approximate surface area is 601 Å². The third kappa shape index (κ3) is 16.4. The number of hydrogen-bond donors (Lipinski definition) is 0. The van der Waals surface area contributed by atoms with Crippen molar-refractivity contribution in [3.63, 3.8) is 0 Å². The molecule has 6 aromatic heterocycles. The van der Waals surface area contributed by atoms with Crippen LogP contribution in [-0.4, -0.2) is 24.7 Å². The standard InChI is InChI=1S/C18H22S.C17H20S.C14H22S.C13H20S.C12H18OS.C12H18S2/c1-11-13(3)19-14(4)18(11)17-10-9-15-7-5-6-8-16(15)12(17)2;1-10-12(3)18-13(4)17(10)16-9-14-7-5-6-8-15(14)11(16)2;1-9-7-5-6-8-13(9)14-10(2)11(3)15-12(14)4;1-8-6-5-7-12(8)13-9(2)10(3)14-11(13)4;2*1-7-5-13-6-11(7)12-8(2)9(3)14-10(12)4/h5-8,12,17H,9-10H2,1-4H3;5-8,11,16H,9H2,1-4H3;9,13H,5-8H2,1-4H3;8,12H,5-7H2,1-4H3;2*7,11H,5-6H2,1-4H3/t12-,17?;11-,16?;9-,13?;8-,12?;2*7-,11?/m111111/s1. The Morgan fingerprint density at radius 3 is 1.02 bits per heavy atom. The van der Waals surface area contributed by atoms with E-state index in [2.05, 4.69) is 226 Å². The van der Waals surface area contributed by atoms with E-state index in [0.717, 1.165) is 48.7 Å². The lowest BCUT2D eigenvalue weighted by atomic mass is 9.72. The maximum atomic E-state index is 5.55. The van der Waals surface area contributed by atoms with Crippen LogP contribution in [0.5, 0.6) is 0 Å². The molecule has 2 saturated heterocycles. The number of aryl methyl sites for hydroxylation is 13. The SMILES string of the molecule is Cc1sc(C)c(C2CCCC[C@H]2C)c1C.Cc1sc(C)c(C2CCC[C@H]2C)c1C.Cc1sc(C)c(C2CCc3ccccc3[C@H]2C)c1C.Cc1sc(C)c(C2COC[C@H]2C)c1C.Cc1sc(C)c(C2CSC[C@H]2C)c1C.Cc1sc(C)c(C2Cc3ccccc3[C@H]2C)c1C. The molecule has 0 amide bonds. The van der Waals surface area contributed by atoms with Crippen LogP contribution in [0.25, 0.3) is 0 Å². The van der Waals surface area contributed by atoms with E-state index in [1.807, 2.05) is 68.0 Å². The molecule has 8 heteroatoms. The second-order valence-corrected chi connectivity index (χ2v) is 39.7. The topological polar surface area (TPSA) is 9.23 Å². The van der Waals surface area contributed by atoms with Gasteiger partial charge in [0.25, 0.3) is 0 Å². The predicted molar refractivity (Wildman–Crippen MR) is 426 cm³/mol. The van der Waals surface area contributed by atoms with Crippen LogP contribution in [0.1, 0.15) is 288 Å². The van der Waals surface area contributed by atoms with Crippen LogP contribution in [0, 0.1) is 148 Å². The average Bonchev–Trinajstić information content (AvgIpc) is 1.58. The van der Waals surface area contributed by atoms with Gasteiger partial charge in [-0.1, -0.05) is 122 Å². The molecule has 0 N–H and O–H groups in total. The second-order valence-electron chi connectivity index (χ2n) is 30.1. The largest absolute Gasteiger partial charge is 0.381 e. The molecule has 512 valence electrons. The zero-order chi connectivity index (χ0) is 68.3. The van der Waals surface area contributed by atoms with Crippen LogP contribution in [-0.2, 0) is 17.6 Å². The van der Waals surface area contributed by atoms with Gasteiger partial charge in [0.2, 0.25) is 0 Å². The minimum absolute atomic E-state index is 0.639. The van der Waals surface area contributed by atoms with Crippen molar-refractivity contribution in [2.24, 2.45) is 23.7 Å². The Kier molecular flexibility index (Phi) is 26.4. The first-order valence-electron chi connectivity index (χ1n) is 36.3. The molecule has 0 radical (unpaired) electrons. The molecule has 0 bridgehead atoms. The Bertz CT molecular complexity index is 3660. The van der Waals surface area contributed by atoms with Crippen LogP contribution in [0.3, 0.4) is 0 Å². The van der Waals surface area contributed by atoms with Crippen LogP contribution < -0.4 is 0 Å². The maximum absolute atomic E-state index is 5.55. The molecule has 1 nitrogen and oxygen atoms in total. The van der Waals surface area contributed by atoms with Gasteiger partial charge in [0.15, 0.2) is 0 Å². The summed E-state index contributed by atoms with van der Waals surface area (Å²) in [7, 11) is 0. The monoisotopic (exact) mass is 1390 g/mol. The minimum atomic E-state index is 0.639. The molecule has 14 rings (SSSR count). The lowest BCUT2D eigenvalue weighted by Crippen LogP contribution is -2.17.